The lowest BCUT2D eigenvalue weighted by molar-refractivity contribution is -0.137. The van der Waals surface area contributed by atoms with E-state index in [4.69, 9.17) is 21.4 Å². The van der Waals surface area contributed by atoms with Gasteiger partial charge in [-0.25, -0.2) is 8.78 Å². The smallest absolute Gasteiger partial charge is 0.317 e. The molecule has 1 heterocycles. The van der Waals surface area contributed by atoms with Crippen LogP contribution < -0.4 is 9.64 Å². The molecule has 0 saturated heterocycles. The van der Waals surface area contributed by atoms with Crippen molar-refractivity contribution in [2.24, 2.45) is 0 Å². The fraction of sp³-hybridized carbons (Fsp3) is 0.200. The van der Waals surface area contributed by atoms with Crippen molar-refractivity contribution in [3.63, 3.8) is 0 Å². The molecule has 0 radical (unpaired) electrons. The lowest BCUT2D eigenvalue weighted by Crippen LogP contribution is -2.28. The van der Waals surface area contributed by atoms with Gasteiger partial charge >= 0.3 is 11.9 Å². The standard InChI is InChI=1S/C25H18ClF4N3O4/c1-33(23-19(28)3-2-4-20(23)37-8-7-22(34)35)24(36)14-5-6-18(26)16(9-14)17-12-32-21(10-15(17)11-31)25(29,30)13-27/h2-6,9-10,12H,7-8,13H2,1H3,(H,34,35). The van der Waals surface area contributed by atoms with Crippen LogP contribution in [0.1, 0.15) is 28.0 Å². The lowest BCUT2D eigenvalue weighted by Gasteiger charge is -2.22. The molecule has 2 aromatic carbocycles. The number of hydrogen-bond donors (Lipinski definition) is 1. The van der Waals surface area contributed by atoms with Gasteiger partial charge in [0.2, 0.25) is 0 Å². The predicted octanol–water partition coefficient (Wildman–Crippen LogP) is 5.60. The second kappa shape index (κ2) is 11.3. The lowest BCUT2D eigenvalue weighted by atomic mass is 9.98. The second-order valence-electron chi connectivity index (χ2n) is 7.70. The van der Waals surface area contributed by atoms with Crippen molar-refractivity contribution < 1.29 is 37.0 Å². The number of carboxylic acids is 1. The number of alkyl halides is 3. The number of aliphatic carboxylic acids is 1. The molecule has 0 atom stereocenters. The van der Waals surface area contributed by atoms with Gasteiger partial charge in [-0.15, -0.1) is 0 Å². The molecule has 3 aromatic rings. The van der Waals surface area contributed by atoms with Crippen molar-refractivity contribution in [3.8, 4) is 22.9 Å². The maximum atomic E-state index is 14.7. The zero-order valence-electron chi connectivity index (χ0n) is 19.1. The molecule has 7 nitrogen and oxygen atoms in total. The Kier molecular flexibility index (Phi) is 8.35. The number of aromatic nitrogens is 1. The highest BCUT2D eigenvalue weighted by atomic mass is 35.5. The summed E-state index contributed by atoms with van der Waals surface area (Å²) < 4.78 is 60.2. The Labute approximate surface area is 213 Å². The number of para-hydroxylation sites is 1. The van der Waals surface area contributed by atoms with Gasteiger partial charge in [-0.3, -0.25) is 14.6 Å². The number of halogens is 5. The molecular weight excluding hydrogens is 518 g/mol. The summed E-state index contributed by atoms with van der Waals surface area (Å²) in [4.78, 5) is 28.5. The molecule has 0 aliphatic heterocycles. The number of nitrogens with zero attached hydrogens (tertiary/aromatic N) is 3. The third-order valence-electron chi connectivity index (χ3n) is 5.23. The maximum absolute atomic E-state index is 14.7. The van der Waals surface area contributed by atoms with E-state index in [-0.39, 0.29) is 51.7 Å². The van der Waals surface area contributed by atoms with Gasteiger partial charge < -0.3 is 14.7 Å². The molecule has 0 bridgehead atoms. The molecule has 12 heteroatoms. The molecule has 0 fully saturated rings. The first-order valence-corrected chi connectivity index (χ1v) is 10.9. The van der Waals surface area contributed by atoms with Crippen LogP contribution in [0.2, 0.25) is 5.02 Å². The van der Waals surface area contributed by atoms with Crippen LogP contribution >= 0.6 is 11.6 Å². The van der Waals surface area contributed by atoms with Gasteiger partial charge in [0.25, 0.3) is 5.91 Å². The normalized spacial score (nSPS) is 11.1. The number of hydrogen-bond acceptors (Lipinski definition) is 5. The molecule has 0 aliphatic carbocycles. The van der Waals surface area contributed by atoms with Gasteiger partial charge in [-0.1, -0.05) is 17.7 Å². The van der Waals surface area contributed by atoms with Crippen LogP contribution in [-0.4, -0.2) is 42.3 Å². The van der Waals surface area contributed by atoms with Crippen LogP contribution in [0.5, 0.6) is 5.75 Å². The van der Waals surface area contributed by atoms with Gasteiger partial charge in [0.05, 0.1) is 24.7 Å². The van der Waals surface area contributed by atoms with Gasteiger partial charge in [0.1, 0.15) is 17.1 Å². The summed E-state index contributed by atoms with van der Waals surface area (Å²) in [5.74, 6) is -6.61. The van der Waals surface area contributed by atoms with E-state index >= 15 is 0 Å². The third-order valence-corrected chi connectivity index (χ3v) is 5.56. The second-order valence-corrected chi connectivity index (χ2v) is 8.11. The van der Waals surface area contributed by atoms with E-state index in [1.54, 1.807) is 6.07 Å². The first-order chi connectivity index (χ1) is 17.5. The highest BCUT2D eigenvalue weighted by Gasteiger charge is 2.34. The van der Waals surface area contributed by atoms with Crippen molar-refractivity contribution in [1.29, 1.82) is 5.26 Å². The minimum atomic E-state index is -3.89. The summed E-state index contributed by atoms with van der Waals surface area (Å²) in [6.45, 7) is -2.26. The average molecular weight is 536 g/mol. The first kappa shape index (κ1) is 27.4. The molecule has 0 saturated carbocycles. The molecule has 1 amide bonds. The number of carbonyl (C=O) groups excluding carboxylic acids is 1. The quantitative estimate of drug-likeness (QED) is 0.358. The Morgan fingerprint density at radius 3 is 2.59 bits per heavy atom. The SMILES string of the molecule is CN(C(=O)c1ccc(Cl)c(-c2cnc(C(F)(F)CF)cc2C#N)c1)c1c(F)cccc1OCCC(=O)O. The summed E-state index contributed by atoms with van der Waals surface area (Å²) >= 11 is 6.25. The first-order valence-electron chi connectivity index (χ1n) is 10.6. The van der Waals surface area contributed by atoms with Crippen LogP contribution in [0.25, 0.3) is 11.1 Å². The fourth-order valence-corrected chi connectivity index (χ4v) is 3.60. The van der Waals surface area contributed by atoms with Crippen LogP contribution in [-0.2, 0) is 10.7 Å². The minimum absolute atomic E-state index is 0.0105. The molecule has 1 aromatic heterocycles. The van der Waals surface area contributed by atoms with E-state index in [9.17, 15) is 32.4 Å². The van der Waals surface area contributed by atoms with Crippen molar-refractivity contribution in [1.82, 2.24) is 4.98 Å². The Morgan fingerprint density at radius 1 is 1.22 bits per heavy atom. The van der Waals surface area contributed by atoms with E-state index in [0.717, 1.165) is 23.2 Å². The number of pyridine rings is 1. The Balaban J connectivity index is 2.00. The number of amides is 1. The average Bonchev–Trinajstić information content (AvgIpc) is 2.87. The molecule has 0 aliphatic rings. The van der Waals surface area contributed by atoms with Gasteiger partial charge in [0.15, 0.2) is 12.5 Å². The largest absolute Gasteiger partial charge is 0.491 e. The molecule has 1 N–H and O–H groups in total. The zero-order valence-corrected chi connectivity index (χ0v) is 19.9. The summed E-state index contributed by atoms with van der Waals surface area (Å²) in [7, 11) is 1.27. The van der Waals surface area contributed by atoms with E-state index in [1.807, 2.05) is 0 Å². The van der Waals surface area contributed by atoms with E-state index in [1.165, 1.54) is 37.4 Å². The zero-order chi connectivity index (χ0) is 27.3. The molecular formula is C25H18ClF4N3O4. The fourth-order valence-electron chi connectivity index (χ4n) is 3.38. The molecule has 0 unspecified atom stereocenters. The van der Waals surface area contributed by atoms with E-state index in [0.29, 0.717) is 0 Å². The molecule has 3 rings (SSSR count). The topological polar surface area (TPSA) is 104 Å². The van der Waals surface area contributed by atoms with Crippen LogP contribution in [0, 0.1) is 17.1 Å². The number of rotatable bonds is 9. The monoisotopic (exact) mass is 535 g/mol. The Hall–Kier alpha value is -4.17. The van der Waals surface area contributed by atoms with Crippen LogP contribution in [0.4, 0.5) is 23.2 Å². The number of carbonyl (C=O) groups is 2. The summed E-state index contributed by atoms with van der Waals surface area (Å²) in [5, 5.41) is 18.4. The Bertz CT molecular complexity index is 1390. The van der Waals surface area contributed by atoms with Crippen molar-refractivity contribution >= 4 is 29.2 Å². The van der Waals surface area contributed by atoms with Gasteiger partial charge in [-0.2, -0.15) is 14.0 Å². The maximum Gasteiger partial charge on any atom is 0.317 e. The van der Waals surface area contributed by atoms with Crippen molar-refractivity contribution in [3.05, 3.63) is 76.3 Å². The van der Waals surface area contributed by atoms with E-state index in [2.05, 4.69) is 4.98 Å². The number of carboxylic acid groups (broad SMARTS) is 1. The number of nitriles is 1. The number of benzene rings is 2. The molecule has 0 spiro atoms. The summed E-state index contributed by atoms with van der Waals surface area (Å²) in [6.07, 6.45) is 0.585. The summed E-state index contributed by atoms with van der Waals surface area (Å²) in [5.41, 5.74) is -1.34. The van der Waals surface area contributed by atoms with Crippen molar-refractivity contribution in [2.75, 3.05) is 25.2 Å². The number of ether oxygens (including phenoxy) is 1. The van der Waals surface area contributed by atoms with Crippen LogP contribution in [0.3, 0.4) is 0 Å². The minimum Gasteiger partial charge on any atom is -0.491 e. The van der Waals surface area contributed by atoms with Crippen LogP contribution in [0.15, 0.2) is 48.7 Å². The third kappa shape index (κ3) is 5.98. The van der Waals surface area contributed by atoms with E-state index < -0.39 is 36.0 Å². The molecule has 37 heavy (non-hydrogen) atoms. The highest BCUT2D eigenvalue weighted by Crippen LogP contribution is 2.36. The summed E-state index contributed by atoms with van der Waals surface area (Å²) in [6, 6.07) is 10.2. The predicted molar refractivity (Wildman–Crippen MR) is 126 cm³/mol. The Morgan fingerprint density at radius 2 is 1.95 bits per heavy atom. The molecule has 192 valence electrons. The van der Waals surface area contributed by atoms with Gasteiger partial charge in [-0.05, 0) is 36.4 Å². The highest BCUT2D eigenvalue weighted by molar-refractivity contribution is 6.33. The number of anilines is 1. The van der Waals surface area contributed by atoms with Crippen molar-refractivity contribution in [2.45, 2.75) is 12.3 Å². The van der Waals surface area contributed by atoms with Gasteiger partial charge in [0, 0.05) is 35.0 Å².